The Hall–Kier alpha value is -0.670. The van der Waals surface area contributed by atoms with Gasteiger partial charge in [0.1, 0.15) is 10.8 Å². The fourth-order valence-corrected chi connectivity index (χ4v) is 0.0612. The van der Waals surface area contributed by atoms with Crippen LogP contribution in [0.4, 0.5) is 0 Å². The molecule has 0 bridgehead atoms. The summed E-state index contributed by atoms with van der Waals surface area (Å²) in [5.74, 6) is 0. The molecule has 0 spiro atoms. The van der Waals surface area contributed by atoms with Crippen molar-refractivity contribution in [2.24, 2.45) is 0 Å². The van der Waals surface area contributed by atoms with E-state index in [1.54, 1.807) is 12.5 Å². The first-order valence-electron chi connectivity index (χ1n) is 1.67. The van der Waals surface area contributed by atoms with Crippen molar-refractivity contribution in [3.63, 3.8) is 0 Å². The number of nitrogens with zero attached hydrogens (tertiary/aromatic N) is 2. The van der Waals surface area contributed by atoms with E-state index in [9.17, 15) is 0 Å². The second-order valence-corrected chi connectivity index (χ2v) is 4.53. The molecular weight excluding hydrogens is 108 g/mol. The summed E-state index contributed by atoms with van der Waals surface area (Å²) in [4.78, 5) is 0. The minimum Gasteiger partial charge on any atom is -0.186 e. The fraction of sp³-hybridized carbons (Fsp3) is 0.500. The average Bonchev–Trinajstić information content (AvgIpc) is 1.68. The largest absolute Gasteiger partial charge is 0.186 e. The zero-order valence-corrected chi connectivity index (χ0v) is 5.12. The maximum atomic E-state index is 8.16. The Kier molecular flexibility index (Phi) is 1.68. The van der Waals surface area contributed by atoms with Crippen molar-refractivity contribution in [2.75, 3.05) is 12.5 Å². The number of nitriles is 2. The van der Waals surface area contributed by atoms with Gasteiger partial charge in [0.05, 0.1) is 0 Å². The van der Waals surface area contributed by atoms with Crippen molar-refractivity contribution < 1.29 is 0 Å². The van der Waals surface area contributed by atoms with Gasteiger partial charge in [0.15, 0.2) is 0 Å². The molecule has 0 rings (SSSR count). The third-order valence-corrected chi connectivity index (χ3v) is 1.37. The Labute approximate surface area is 44.7 Å². The van der Waals surface area contributed by atoms with Gasteiger partial charge < -0.3 is 0 Å². The SMILES string of the molecule is CS(C)(C#N)C#N. The molecule has 0 aliphatic carbocycles. The summed E-state index contributed by atoms with van der Waals surface area (Å²) in [6.07, 6.45) is 3.32. The van der Waals surface area contributed by atoms with Crippen LogP contribution in [0.1, 0.15) is 0 Å². The Morgan fingerprint density at radius 1 is 1.14 bits per heavy atom. The van der Waals surface area contributed by atoms with E-state index in [2.05, 4.69) is 0 Å². The highest BCUT2D eigenvalue weighted by molar-refractivity contribution is 8.39. The molecule has 0 amide bonds. The quantitative estimate of drug-likeness (QED) is 0.441. The molecule has 0 heterocycles. The lowest BCUT2D eigenvalue weighted by molar-refractivity contribution is 1.55. The van der Waals surface area contributed by atoms with Crippen LogP contribution in [0.25, 0.3) is 0 Å². The summed E-state index contributed by atoms with van der Waals surface area (Å²) < 4.78 is 0. The van der Waals surface area contributed by atoms with Crippen LogP contribution in [0.3, 0.4) is 0 Å². The van der Waals surface area contributed by atoms with Crippen molar-refractivity contribution in [1.29, 1.82) is 10.5 Å². The van der Waals surface area contributed by atoms with Crippen molar-refractivity contribution >= 4 is 10.0 Å². The molecule has 0 aromatic heterocycles. The number of rotatable bonds is 0. The van der Waals surface area contributed by atoms with E-state index in [1.165, 1.54) is 0 Å². The molecule has 2 nitrogen and oxygen atoms in total. The smallest absolute Gasteiger partial charge is 0.126 e. The van der Waals surface area contributed by atoms with Crippen LogP contribution in [0.2, 0.25) is 0 Å². The van der Waals surface area contributed by atoms with Gasteiger partial charge in [-0.1, -0.05) is 10.0 Å². The predicted molar refractivity (Wildman–Crippen MR) is 30.7 cm³/mol. The van der Waals surface area contributed by atoms with Gasteiger partial charge in [0, 0.05) is 0 Å². The highest BCUT2D eigenvalue weighted by Crippen LogP contribution is 2.35. The molecule has 38 valence electrons. The summed E-state index contributed by atoms with van der Waals surface area (Å²) >= 11 is 0. The summed E-state index contributed by atoms with van der Waals surface area (Å²) in [6, 6.07) is 0. The third-order valence-electron chi connectivity index (χ3n) is 0.456. The van der Waals surface area contributed by atoms with Crippen LogP contribution in [-0.4, -0.2) is 12.5 Å². The van der Waals surface area contributed by atoms with Gasteiger partial charge in [-0.05, 0) is 12.5 Å². The van der Waals surface area contributed by atoms with E-state index in [0.29, 0.717) is 0 Å². The fourth-order valence-electron chi connectivity index (χ4n) is 0.0204. The maximum absolute atomic E-state index is 8.16. The molecule has 0 fully saturated rings. The lowest BCUT2D eigenvalue weighted by Crippen LogP contribution is -1.81. The molecular formula is C4H6N2S. The number of thiocyanates is 2. The molecule has 0 radical (unpaired) electrons. The number of hydrogen-bond donors (Lipinski definition) is 0. The van der Waals surface area contributed by atoms with Gasteiger partial charge in [-0.3, -0.25) is 0 Å². The van der Waals surface area contributed by atoms with Gasteiger partial charge in [-0.15, -0.1) is 0 Å². The van der Waals surface area contributed by atoms with Crippen LogP contribution in [0.15, 0.2) is 0 Å². The van der Waals surface area contributed by atoms with E-state index in [1.807, 2.05) is 10.8 Å². The highest BCUT2D eigenvalue weighted by atomic mass is 32.3. The van der Waals surface area contributed by atoms with E-state index in [4.69, 9.17) is 10.5 Å². The van der Waals surface area contributed by atoms with Crippen LogP contribution in [-0.2, 0) is 0 Å². The zero-order valence-electron chi connectivity index (χ0n) is 4.30. The summed E-state index contributed by atoms with van der Waals surface area (Å²) in [6.45, 7) is 0. The molecule has 0 aliphatic heterocycles. The molecule has 0 atom stereocenters. The predicted octanol–water partition coefficient (Wildman–Crippen LogP) is 1.01. The monoisotopic (exact) mass is 114 g/mol. The first-order chi connectivity index (χ1) is 3.12. The van der Waals surface area contributed by atoms with Crippen molar-refractivity contribution in [2.45, 2.75) is 0 Å². The Morgan fingerprint density at radius 3 is 1.43 bits per heavy atom. The Bertz CT molecular complexity index is 121. The van der Waals surface area contributed by atoms with E-state index < -0.39 is 10.0 Å². The molecule has 0 aromatic carbocycles. The Balaban J connectivity index is 4.00. The second kappa shape index (κ2) is 1.86. The van der Waals surface area contributed by atoms with Gasteiger partial charge in [0.2, 0.25) is 0 Å². The Morgan fingerprint density at radius 2 is 1.43 bits per heavy atom. The average molecular weight is 114 g/mol. The van der Waals surface area contributed by atoms with Crippen LogP contribution < -0.4 is 0 Å². The van der Waals surface area contributed by atoms with Crippen LogP contribution in [0, 0.1) is 21.3 Å². The van der Waals surface area contributed by atoms with Crippen molar-refractivity contribution in [1.82, 2.24) is 0 Å². The number of hydrogen-bond acceptors (Lipinski definition) is 2. The topological polar surface area (TPSA) is 47.6 Å². The molecule has 0 saturated carbocycles. The third kappa shape index (κ3) is 2.08. The first kappa shape index (κ1) is 6.33. The van der Waals surface area contributed by atoms with Gasteiger partial charge in [-0.2, -0.15) is 10.5 Å². The van der Waals surface area contributed by atoms with Gasteiger partial charge in [0.25, 0.3) is 0 Å². The zero-order chi connectivity index (χ0) is 5.91. The van der Waals surface area contributed by atoms with Crippen molar-refractivity contribution in [3.8, 4) is 10.8 Å². The maximum Gasteiger partial charge on any atom is 0.126 e. The molecule has 0 N–H and O–H groups in total. The van der Waals surface area contributed by atoms with E-state index in [-0.39, 0.29) is 0 Å². The molecule has 0 unspecified atom stereocenters. The molecule has 0 aromatic rings. The van der Waals surface area contributed by atoms with E-state index in [0.717, 1.165) is 0 Å². The normalized spacial score (nSPS) is 11.4. The lowest BCUT2D eigenvalue weighted by atomic mass is 11.7. The minimum absolute atomic E-state index is 1.55. The van der Waals surface area contributed by atoms with Gasteiger partial charge in [-0.25, -0.2) is 0 Å². The van der Waals surface area contributed by atoms with Crippen LogP contribution >= 0.6 is 10.0 Å². The first-order valence-corrected chi connectivity index (χ1v) is 4.12. The second-order valence-electron chi connectivity index (χ2n) is 1.51. The minimum atomic E-state index is -1.55. The van der Waals surface area contributed by atoms with Crippen LogP contribution in [0.5, 0.6) is 0 Å². The molecule has 0 aliphatic rings. The highest BCUT2D eigenvalue weighted by Gasteiger charge is 2.04. The standard InChI is InChI=1S/C4H6N2S/c1-7(2,3-5)4-6/h1-2H3. The van der Waals surface area contributed by atoms with Gasteiger partial charge >= 0.3 is 0 Å². The molecule has 3 heteroatoms. The lowest BCUT2D eigenvalue weighted by Gasteiger charge is -2.05. The molecule has 7 heavy (non-hydrogen) atoms. The summed E-state index contributed by atoms with van der Waals surface area (Å²) in [7, 11) is -1.55. The summed E-state index contributed by atoms with van der Waals surface area (Å²) in [5, 5.41) is 20.1. The summed E-state index contributed by atoms with van der Waals surface area (Å²) in [5.41, 5.74) is 0. The van der Waals surface area contributed by atoms with E-state index >= 15 is 0 Å². The molecule has 0 saturated heterocycles. The van der Waals surface area contributed by atoms with Crippen molar-refractivity contribution in [3.05, 3.63) is 0 Å².